The van der Waals surface area contributed by atoms with E-state index < -0.39 is 33.4 Å². The van der Waals surface area contributed by atoms with Crippen LogP contribution in [0.5, 0.6) is 0 Å². The highest BCUT2D eigenvalue weighted by Crippen LogP contribution is 2.72. The molecule has 0 radical (unpaired) electrons. The van der Waals surface area contributed by atoms with Gasteiger partial charge in [-0.1, -0.05) is 56.7 Å². The standard InChI is InChI=1S/C33H46N6O4S/c1-7-17-36(18-8-2)29(41)26-27-30(42)39(25(20-40)22(5)10-4)28(33(27)16-15-32(26,6)44-33)31(43)37(19-9-3)21-38-24-14-12-11-13-23(24)34-35-38/h7,9,11-14,22,25-28,40H,1,3,8,10,15-21H2,2,4-6H3/t22-,25-,26+,27-,28?,32-,33?/m0/s1. The lowest BCUT2D eigenvalue weighted by Gasteiger charge is -2.41. The molecule has 5 rings (SSSR count). The van der Waals surface area contributed by atoms with Gasteiger partial charge in [-0.25, -0.2) is 4.68 Å². The summed E-state index contributed by atoms with van der Waals surface area (Å²) in [6.45, 7) is 17.0. The molecule has 11 heteroatoms. The topological polar surface area (TPSA) is 112 Å². The number of carbonyl (C=O) groups excluding carboxylic acids is 3. The molecule has 1 N–H and O–H groups in total. The van der Waals surface area contributed by atoms with E-state index in [0.29, 0.717) is 19.5 Å². The minimum Gasteiger partial charge on any atom is -0.394 e. The van der Waals surface area contributed by atoms with Crippen LogP contribution in [0.15, 0.2) is 49.6 Å². The maximum absolute atomic E-state index is 14.9. The number of thioether (sulfide) groups is 1. The number of amides is 3. The van der Waals surface area contributed by atoms with Gasteiger partial charge in [0.1, 0.15) is 18.2 Å². The largest absolute Gasteiger partial charge is 0.394 e. The number of hydrogen-bond donors (Lipinski definition) is 1. The summed E-state index contributed by atoms with van der Waals surface area (Å²) >= 11 is 1.65. The van der Waals surface area contributed by atoms with E-state index in [1.165, 1.54) is 0 Å². The smallest absolute Gasteiger partial charge is 0.248 e. The summed E-state index contributed by atoms with van der Waals surface area (Å²) < 4.78 is 0.418. The Morgan fingerprint density at radius 3 is 2.52 bits per heavy atom. The minimum atomic E-state index is -0.843. The normalized spacial score (nSPS) is 28.6. The summed E-state index contributed by atoms with van der Waals surface area (Å²) in [5, 5.41) is 19.3. The molecule has 44 heavy (non-hydrogen) atoms. The summed E-state index contributed by atoms with van der Waals surface area (Å²) in [6, 6.07) is 6.18. The Balaban J connectivity index is 1.60. The molecule has 1 aromatic carbocycles. The summed E-state index contributed by atoms with van der Waals surface area (Å²) in [5.74, 6) is -1.74. The number of para-hydroxylation sites is 1. The van der Waals surface area contributed by atoms with Gasteiger partial charge in [-0.3, -0.25) is 14.4 Å². The molecule has 2 unspecified atom stereocenters. The Morgan fingerprint density at radius 2 is 1.86 bits per heavy atom. The van der Waals surface area contributed by atoms with Gasteiger partial charge < -0.3 is 19.8 Å². The van der Waals surface area contributed by atoms with Crippen LogP contribution >= 0.6 is 11.8 Å². The van der Waals surface area contributed by atoms with Gasteiger partial charge in [0.15, 0.2) is 0 Å². The van der Waals surface area contributed by atoms with Gasteiger partial charge >= 0.3 is 0 Å². The van der Waals surface area contributed by atoms with Crippen molar-refractivity contribution in [3.63, 3.8) is 0 Å². The van der Waals surface area contributed by atoms with Crippen LogP contribution in [0.4, 0.5) is 0 Å². The van der Waals surface area contributed by atoms with Crippen LogP contribution in [-0.2, 0) is 21.1 Å². The van der Waals surface area contributed by atoms with Crippen molar-refractivity contribution in [3.8, 4) is 0 Å². The Morgan fingerprint density at radius 1 is 1.16 bits per heavy atom. The van der Waals surface area contributed by atoms with Gasteiger partial charge in [-0.05, 0) is 44.2 Å². The van der Waals surface area contributed by atoms with E-state index in [4.69, 9.17) is 0 Å². The number of nitrogens with zero attached hydrogens (tertiary/aromatic N) is 6. The van der Waals surface area contributed by atoms with Crippen LogP contribution in [0.3, 0.4) is 0 Å². The minimum absolute atomic E-state index is 0.0455. The van der Waals surface area contributed by atoms with Crippen molar-refractivity contribution in [2.24, 2.45) is 17.8 Å². The Hall–Kier alpha value is -3.18. The SMILES string of the molecule is C=CCN(Cn1nnc2ccccc21)C(=O)C1N([C@@H](CO)[C@@H](C)CC)C(=O)[C@@H]2[C@H](C(=O)N(CC=C)CCC)[C@]3(C)CCC12S3. The van der Waals surface area contributed by atoms with E-state index in [1.807, 2.05) is 49.9 Å². The monoisotopic (exact) mass is 622 g/mol. The Kier molecular flexibility index (Phi) is 9.28. The molecule has 4 heterocycles. The molecule has 1 spiro atoms. The lowest BCUT2D eigenvalue weighted by Crippen LogP contribution is -2.58. The molecule has 3 amide bonds. The van der Waals surface area contributed by atoms with Crippen molar-refractivity contribution < 1.29 is 19.5 Å². The van der Waals surface area contributed by atoms with Crippen LogP contribution in [-0.4, -0.2) is 100 Å². The van der Waals surface area contributed by atoms with E-state index in [1.54, 1.807) is 38.4 Å². The molecule has 3 aliphatic heterocycles. The average Bonchev–Trinajstić information content (AvgIpc) is 3.72. The molecule has 0 saturated carbocycles. The molecule has 2 aromatic rings. The molecule has 3 fully saturated rings. The molecule has 1 aromatic heterocycles. The lowest BCUT2D eigenvalue weighted by atomic mass is 9.66. The van der Waals surface area contributed by atoms with Gasteiger partial charge in [0.2, 0.25) is 17.7 Å². The van der Waals surface area contributed by atoms with Gasteiger partial charge in [0, 0.05) is 24.4 Å². The number of carbonyl (C=O) groups is 3. The summed E-state index contributed by atoms with van der Waals surface area (Å²) in [7, 11) is 0. The van der Waals surface area contributed by atoms with Crippen LogP contribution < -0.4 is 0 Å². The van der Waals surface area contributed by atoms with Crippen molar-refractivity contribution in [3.05, 3.63) is 49.6 Å². The number of rotatable bonds is 14. The first-order chi connectivity index (χ1) is 21.1. The first kappa shape index (κ1) is 32.2. The fraction of sp³-hybridized carbons (Fsp3) is 0.606. The third-order valence-corrected chi connectivity index (χ3v) is 12.1. The zero-order valence-electron chi connectivity index (χ0n) is 26.4. The second-order valence-corrected chi connectivity index (χ2v) is 14.6. The highest BCUT2D eigenvalue weighted by atomic mass is 32.2. The number of likely N-dealkylation sites (tertiary alicyclic amines) is 1. The Bertz CT molecular complexity index is 1430. The molecular formula is C33H46N6O4S. The van der Waals surface area contributed by atoms with E-state index >= 15 is 0 Å². The number of aliphatic hydroxyl groups excluding tert-OH is 1. The number of benzene rings is 1. The summed E-state index contributed by atoms with van der Waals surface area (Å²) in [4.78, 5) is 49.2. The molecular weight excluding hydrogens is 576 g/mol. The Labute approximate surface area is 264 Å². The van der Waals surface area contributed by atoms with Crippen molar-refractivity contribution in [1.29, 1.82) is 0 Å². The van der Waals surface area contributed by atoms with E-state index in [9.17, 15) is 19.5 Å². The summed E-state index contributed by atoms with van der Waals surface area (Å²) in [5.41, 5.74) is 1.52. The quantitative estimate of drug-likeness (QED) is 0.320. The molecule has 3 saturated heterocycles. The number of aromatic nitrogens is 3. The van der Waals surface area contributed by atoms with Gasteiger partial charge in [-0.2, -0.15) is 0 Å². The van der Waals surface area contributed by atoms with Gasteiger partial charge in [0.05, 0.1) is 34.7 Å². The molecule has 2 bridgehead atoms. The fourth-order valence-electron chi connectivity index (χ4n) is 7.83. The number of fused-ring (bicyclic) bond motifs is 2. The highest BCUT2D eigenvalue weighted by Gasteiger charge is 2.78. The van der Waals surface area contributed by atoms with Crippen molar-refractivity contribution in [1.82, 2.24) is 29.7 Å². The predicted octanol–water partition coefficient (Wildman–Crippen LogP) is 3.72. The number of hydrogen-bond acceptors (Lipinski definition) is 7. The lowest BCUT2D eigenvalue weighted by molar-refractivity contribution is -0.149. The number of aliphatic hydroxyl groups is 1. The van der Waals surface area contributed by atoms with Crippen molar-refractivity contribution in [2.75, 3.05) is 26.2 Å². The first-order valence-electron chi connectivity index (χ1n) is 15.8. The van der Waals surface area contributed by atoms with Crippen LogP contribution in [0, 0.1) is 17.8 Å². The van der Waals surface area contributed by atoms with E-state index in [-0.39, 0.29) is 43.5 Å². The molecule has 3 aliphatic rings. The van der Waals surface area contributed by atoms with Gasteiger partial charge in [-0.15, -0.1) is 30.0 Å². The maximum atomic E-state index is 14.9. The molecule has 7 atom stereocenters. The highest BCUT2D eigenvalue weighted by molar-refractivity contribution is 8.02. The molecule has 10 nitrogen and oxygen atoms in total. The third kappa shape index (κ3) is 5.05. The average molecular weight is 623 g/mol. The third-order valence-electron chi connectivity index (χ3n) is 10.1. The fourth-order valence-corrected chi connectivity index (χ4v) is 10.2. The van der Waals surface area contributed by atoms with Crippen LogP contribution in [0.1, 0.15) is 53.4 Å². The van der Waals surface area contributed by atoms with Crippen molar-refractivity contribution in [2.45, 2.75) is 81.6 Å². The molecule has 0 aliphatic carbocycles. The zero-order chi connectivity index (χ0) is 31.8. The second kappa shape index (κ2) is 12.7. The zero-order valence-corrected chi connectivity index (χ0v) is 27.2. The second-order valence-electron chi connectivity index (χ2n) is 12.7. The first-order valence-corrected chi connectivity index (χ1v) is 16.6. The van der Waals surface area contributed by atoms with Crippen LogP contribution in [0.25, 0.3) is 11.0 Å². The molecule has 238 valence electrons. The van der Waals surface area contributed by atoms with E-state index in [2.05, 4.69) is 30.4 Å². The predicted molar refractivity (Wildman–Crippen MR) is 172 cm³/mol. The van der Waals surface area contributed by atoms with Gasteiger partial charge in [0.25, 0.3) is 0 Å². The maximum Gasteiger partial charge on any atom is 0.248 e. The van der Waals surface area contributed by atoms with Crippen molar-refractivity contribution >= 4 is 40.5 Å². The van der Waals surface area contributed by atoms with E-state index in [0.717, 1.165) is 30.3 Å². The summed E-state index contributed by atoms with van der Waals surface area (Å²) in [6.07, 6.45) is 6.30. The van der Waals surface area contributed by atoms with Crippen LogP contribution in [0.2, 0.25) is 0 Å².